The second kappa shape index (κ2) is 6.89. The van der Waals surface area contributed by atoms with E-state index >= 15 is 0 Å². The van der Waals surface area contributed by atoms with Crippen molar-refractivity contribution in [1.82, 2.24) is 4.90 Å². The fourth-order valence-corrected chi connectivity index (χ4v) is 2.76. The van der Waals surface area contributed by atoms with Crippen LogP contribution in [0.15, 0.2) is 48.5 Å². The Hall–Kier alpha value is -2.95. The minimum atomic E-state index is -0.466. The van der Waals surface area contributed by atoms with Crippen LogP contribution in [0, 0.1) is 0 Å². The maximum atomic E-state index is 12.2. The molecule has 2 aromatic carbocycles. The monoisotopic (exact) mass is 337 g/mol. The summed E-state index contributed by atoms with van der Waals surface area (Å²) in [7, 11) is 0. The van der Waals surface area contributed by atoms with Crippen molar-refractivity contribution in [2.45, 2.75) is 19.8 Å². The van der Waals surface area contributed by atoms with Crippen molar-refractivity contribution in [3.8, 4) is 0 Å². The topological polar surface area (TPSA) is 63.7 Å². The number of carbonyl (C=O) groups is 3. The molecule has 5 heteroatoms. The van der Waals surface area contributed by atoms with E-state index in [4.69, 9.17) is 4.74 Å². The summed E-state index contributed by atoms with van der Waals surface area (Å²) in [4.78, 5) is 37.6. The van der Waals surface area contributed by atoms with Gasteiger partial charge in [-0.15, -0.1) is 0 Å². The van der Waals surface area contributed by atoms with E-state index in [-0.39, 0.29) is 25.0 Å². The van der Waals surface area contributed by atoms with Gasteiger partial charge in [0.2, 0.25) is 0 Å². The van der Waals surface area contributed by atoms with Crippen LogP contribution >= 0.6 is 0 Å². The maximum absolute atomic E-state index is 12.2. The quantitative estimate of drug-likeness (QED) is 0.620. The Labute approximate surface area is 146 Å². The van der Waals surface area contributed by atoms with Crippen molar-refractivity contribution in [3.63, 3.8) is 0 Å². The van der Waals surface area contributed by atoms with Crippen LogP contribution in [0.25, 0.3) is 0 Å². The number of esters is 1. The molecular formula is C20H19NO4. The third-order valence-corrected chi connectivity index (χ3v) is 4.24. The summed E-state index contributed by atoms with van der Waals surface area (Å²) in [6.07, 6.45) is 0. The number of imide groups is 1. The molecule has 0 saturated carbocycles. The van der Waals surface area contributed by atoms with Crippen LogP contribution in [-0.4, -0.2) is 35.8 Å². The van der Waals surface area contributed by atoms with E-state index in [9.17, 15) is 14.4 Å². The lowest BCUT2D eigenvalue weighted by Crippen LogP contribution is -2.33. The largest absolute Gasteiger partial charge is 0.460 e. The van der Waals surface area contributed by atoms with Gasteiger partial charge in [0, 0.05) is 0 Å². The van der Waals surface area contributed by atoms with E-state index in [0.29, 0.717) is 22.6 Å². The summed E-state index contributed by atoms with van der Waals surface area (Å²) >= 11 is 0. The van der Waals surface area contributed by atoms with Gasteiger partial charge in [-0.25, -0.2) is 4.79 Å². The molecule has 128 valence electrons. The Morgan fingerprint density at radius 1 is 0.960 bits per heavy atom. The molecule has 2 amide bonds. The average molecular weight is 337 g/mol. The third kappa shape index (κ3) is 3.31. The summed E-state index contributed by atoms with van der Waals surface area (Å²) in [5.41, 5.74) is 2.38. The number of amides is 2. The number of carbonyl (C=O) groups excluding carboxylic acids is 3. The van der Waals surface area contributed by atoms with E-state index in [1.807, 2.05) is 12.1 Å². The van der Waals surface area contributed by atoms with Gasteiger partial charge < -0.3 is 4.74 Å². The summed E-state index contributed by atoms with van der Waals surface area (Å²) in [5, 5.41) is 0. The number of benzene rings is 2. The second-order valence-electron chi connectivity index (χ2n) is 6.22. The molecule has 3 rings (SSSR count). The smallest absolute Gasteiger partial charge is 0.338 e. The van der Waals surface area contributed by atoms with Crippen molar-refractivity contribution < 1.29 is 19.1 Å². The van der Waals surface area contributed by atoms with Crippen LogP contribution in [0.4, 0.5) is 0 Å². The Morgan fingerprint density at radius 2 is 1.52 bits per heavy atom. The van der Waals surface area contributed by atoms with Crippen LogP contribution in [-0.2, 0) is 4.74 Å². The molecule has 5 nitrogen and oxygen atoms in total. The van der Waals surface area contributed by atoms with Gasteiger partial charge in [-0.2, -0.15) is 0 Å². The first kappa shape index (κ1) is 16.9. The molecule has 1 aliphatic heterocycles. The Bertz CT molecular complexity index is 789. The molecule has 0 unspecified atom stereocenters. The number of rotatable bonds is 5. The highest BCUT2D eigenvalue weighted by molar-refractivity contribution is 6.21. The summed E-state index contributed by atoms with van der Waals surface area (Å²) in [5.74, 6) is -0.776. The molecule has 0 bridgehead atoms. The minimum Gasteiger partial charge on any atom is -0.460 e. The number of hydrogen-bond acceptors (Lipinski definition) is 4. The molecule has 0 fully saturated rings. The molecule has 0 atom stereocenters. The Morgan fingerprint density at radius 3 is 2.04 bits per heavy atom. The first-order chi connectivity index (χ1) is 12.0. The molecule has 25 heavy (non-hydrogen) atoms. The lowest BCUT2D eigenvalue weighted by Gasteiger charge is -2.14. The molecule has 0 saturated heterocycles. The fourth-order valence-electron chi connectivity index (χ4n) is 2.76. The van der Waals surface area contributed by atoms with Crippen LogP contribution in [0.1, 0.15) is 56.4 Å². The van der Waals surface area contributed by atoms with Gasteiger partial charge >= 0.3 is 5.97 Å². The highest BCUT2D eigenvalue weighted by atomic mass is 16.5. The first-order valence-electron chi connectivity index (χ1n) is 8.21. The fraction of sp³-hybridized carbons (Fsp3) is 0.250. The molecule has 2 aromatic rings. The predicted octanol–water partition coefficient (Wildman–Crippen LogP) is 3.26. The number of ether oxygens (including phenoxy) is 1. The van der Waals surface area contributed by atoms with Gasteiger partial charge in [0.25, 0.3) is 11.8 Å². The highest BCUT2D eigenvalue weighted by Gasteiger charge is 2.34. The van der Waals surface area contributed by atoms with Crippen molar-refractivity contribution in [3.05, 3.63) is 70.8 Å². The van der Waals surface area contributed by atoms with E-state index in [1.54, 1.807) is 36.4 Å². The van der Waals surface area contributed by atoms with Gasteiger partial charge in [-0.3, -0.25) is 14.5 Å². The molecule has 0 N–H and O–H groups in total. The highest BCUT2D eigenvalue weighted by Crippen LogP contribution is 2.22. The Kier molecular flexibility index (Phi) is 4.65. The molecule has 0 radical (unpaired) electrons. The zero-order chi connectivity index (χ0) is 18.0. The second-order valence-corrected chi connectivity index (χ2v) is 6.22. The van der Waals surface area contributed by atoms with E-state index in [0.717, 1.165) is 10.5 Å². The van der Waals surface area contributed by atoms with Gasteiger partial charge in [-0.1, -0.05) is 38.1 Å². The summed E-state index contributed by atoms with van der Waals surface area (Å²) in [6.45, 7) is 4.17. The minimum absolute atomic E-state index is 0.0315. The average Bonchev–Trinajstić information content (AvgIpc) is 2.87. The zero-order valence-corrected chi connectivity index (χ0v) is 14.2. The normalized spacial score (nSPS) is 13.3. The predicted molar refractivity (Wildman–Crippen MR) is 92.6 cm³/mol. The molecule has 0 spiro atoms. The van der Waals surface area contributed by atoms with Crippen molar-refractivity contribution in [2.24, 2.45) is 0 Å². The van der Waals surface area contributed by atoms with Gasteiger partial charge in [-0.05, 0) is 35.7 Å². The number of hydrogen-bond donors (Lipinski definition) is 0. The van der Waals surface area contributed by atoms with Crippen molar-refractivity contribution in [2.75, 3.05) is 13.2 Å². The molecular weight excluding hydrogens is 318 g/mol. The van der Waals surface area contributed by atoms with Crippen molar-refractivity contribution in [1.29, 1.82) is 0 Å². The van der Waals surface area contributed by atoms with E-state index in [1.165, 1.54) is 0 Å². The van der Waals surface area contributed by atoms with Gasteiger partial charge in [0.1, 0.15) is 6.61 Å². The number of fused-ring (bicyclic) bond motifs is 1. The van der Waals surface area contributed by atoms with Crippen LogP contribution in [0.2, 0.25) is 0 Å². The summed E-state index contributed by atoms with van der Waals surface area (Å²) < 4.78 is 5.20. The summed E-state index contributed by atoms with van der Waals surface area (Å²) in [6, 6.07) is 13.9. The first-order valence-corrected chi connectivity index (χ1v) is 8.21. The number of nitrogens with zero attached hydrogens (tertiary/aromatic N) is 1. The van der Waals surface area contributed by atoms with Gasteiger partial charge in [0.05, 0.1) is 23.2 Å². The van der Waals surface area contributed by atoms with Crippen LogP contribution < -0.4 is 0 Å². The van der Waals surface area contributed by atoms with Gasteiger partial charge in [0.15, 0.2) is 0 Å². The molecule has 0 aromatic heterocycles. The van der Waals surface area contributed by atoms with E-state index in [2.05, 4.69) is 13.8 Å². The lowest BCUT2D eigenvalue weighted by atomic mass is 10.0. The standard InChI is InChI=1S/C20H19NO4/c1-13(2)14-7-9-15(10-8-14)20(24)25-12-11-21-18(22)16-5-3-4-6-17(16)19(21)23/h3-10,13H,11-12H2,1-2H3. The molecule has 0 aliphatic carbocycles. The maximum Gasteiger partial charge on any atom is 0.338 e. The zero-order valence-electron chi connectivity index (χ0n) is 14.2. The van der Waals surface area contributed by atoms with Crippen molar-refractivity contribution >= 4 is 17.8 Å². The van der Waals surface area contributed by atoms with Crippen LogP contribution in [0.3, 0.4) is 0 Å². The Balaban J connectivity index is 1.57. The van der Waals surface area contributed by atoms with E-state index < -0.39 is 5.97 Å². The van der Waals surface area contributed by atoms with Crippen LogP contribution in [0.5, 0.6) is 0 Å². The lowest BCUT2D eigenvalue weighted by molar-refractivity contribution is 0.0420. The third-order valence-electron chi connectivity index (χ3n) is 4.24. The molecule has 1 aliphatic rings. The SMILES string of the molecule is CC(C)c1ccc(C(=O)OCCN2C(=O)c3ccccc3C2=O)cc1. The molecule has 1 heterocycles.